The second-order valence-electron chi connectivity index (χ2n) is 5.27. The number of rotatable bonds is 3. The lowest BCUT2D eigenvalue weighted by molar-refractivity contribution is 0.415. The van der Waals surface area contributed by atoms with E-state index in [9.17, 15) is 0 Å². The van der Waals surface area contributed by atoms with Gasteiger partial charge in [-0.05, 0) is 38.8 Å². The second kappa shape index (κ2) is 3.89. The number of hydrogen-bond acceptors (Lipinski definition) is 2. The van der Waals surface area contributed by atoms with Crippen LogP contribution in [-0.2, 0) is 5.54 Å². The van der Waals surface area contributed by atoms with E-state index in [0.29, 0.717) is 0 Å². The molecule has 3 nitrogen and oxygen atoms in total. The van der Waals surface area contributed by atoms with Crippen LogP contribution in [0.2, 0.25) is 0 Å². The third kappa shape index (κ3) is 1.69. The number of alkyl halides is 1. The average Bonchev–Trinajstić information content (AvgIpc) is 2.96. The highest BCUT2D eigenvalue weighted by molar-refractivity contribution is 6.20. The van der Waals surface area contributed by atoms with Gasteiger partial charge >= 0.3 is 0 Å². The lowest BCUT2D eigenvalue weighted by Gasteiger charge is -2.17. The van der Waals surface area contributed by atoms with Crippen molar-refractivity contribution < 1.29 is 4.74 Å². The molecule has 0 radical (unpaired) electrons. The van der Waals surface area contributed by atoms with Crippen molar-refractivity contribution in [1.82, 2.24) is 9.55 Å². The Kier molecular flexibility index (Phi) is 2.56. The maximum atomic E-state index is 6.27. The molecule has 0 N–H and O–H groups in total. The fourth-order valence-corrected chi connectivity index (χ4v) is 2.59. The van der Waals surface area contributed by atoms with Crippen molar-refractivity contribution in [3.63, 3.8) is 0 Å². The number of halogens is 1. The van der Waals surface area contributed by atoms with E-state index in [0.717, 1.165) is 22.6 Å². The number of methoxy groups -OCH3 is 1. The molecule has 1 aromatic carbocycles. The maximum absolute atomic E-state index is 6.27. The first-order valence-electron chi connectivity index (χ1n) is 6.26. The zero-order valence-corrected chi connectivity index (χ0v) is 11.7. The summed E-state index contributed by atoms with van der Waals surface area (Å²) in [6.45, 7) is 4.23. The van der Waals surface area contributed by atoms with Gasteiger partial charge in [0.1, 0.15) is 11.6 Å². The Balaban J connectivity index is 2.29. The molecule has 1 saturated carbocycles. The minimum Gasteiger partial charge on any atom is -0.497 e. The van der Waals surface area contributed by atoms with Crippen molar-refractivity contribution in [3.05, 3.63) is 24.0 Å². The van der Waals surface area contributed by atoms with Crippen LogP contribution in [0.4, 0.5) is 0 Å². The molecule has 0 spiro atoms. The highest BCUT2D eigenvalue weighted by atomic mass is 35.5. The lowest BCUT2D eigenvalue weighted by Crippen LogP contribution is -2.16. The van der Waals surface area contributed by atoms with Crippen LogP contribution in [0.1, 0.15) is 37.9 Å². The fraction of sp³-hybridized carbons (Fsp3) is 0.500. The summed E-state index contributed by atoms with van der Waals surface area (Å²) in [5, 5.41) is -0.0826. The molecule has 0 aliphatic heterocycles. The fourth-order valence-electron chi connectivity index (χ4n) is 2.44. The smallest absolute Gasteiger partial charge is 0.128 e. The summed E-state index contributed by atoms with van der Waals surface area (Å²) in [6.07, 6.45) is 2.37. The third-order valence-electron chi connectivity index (χ3n) is 3.76. The van der Waals surface area contributed by atoms with Gasteiger partial charge in [-0.25, -0.2) is 4.98 Å². The zero-order valence-electron chi connectivity index (χ0n) is 10.9. The molecule has 1 unspecified atom stereocenters. The van der Waals surface area contributed by atoms with Gasteiger partial charge in [0, 0.05) is 11.6 Å². The molecule has 1 aliphatic rings. The lowest BCUT2D eigenvalue weighted by atomic mass is 10.2. The summed E-state index contributed by atoms with van der Waals surface area (Å²) >= 11 is 6.27. The predicted molar refractivity (Wildman–Crippen MR) is 73.4 cm³/mol. The van der Waals surface area contributed by atoms with E-state index in [4.69, 9.17) is 16.3 Å². The third-order valence-corrected chi connectivity index (χ3v) is 3.95. The van der Waals surface area contributed by atoms with Crippen LogP contribution < -0.4 is 4.74 Å². The molecule has 0 saturated heterocycles. The molecule has 4 heteroatoms. The van der Waals surface area contributed by atoms with Gasteiger partial charge in [0.05, 0.1) is 23.5 Å². The Morgan fingerprint density at radius 1 is 1.44 bits per heavy atom. The van der Waals surface area contributed by atoms with Crippen LogP contribution >= 0.6 is 11.6 Å². The van der Waals surface area contributed by atoms with Crippen LogP contribution in [0.25, 0.3) is 11.0 Å². The topological polar surface area (TPSA) is 27.1 Å². The zero-order chi connectivity index (χ0) is 12.9. The van der Waals surface area contributed by atoms with Gasteiger partial charge in [-0.3, -0.25) is 0 Å². The van der Waals surface area contributed by atoms with Gasteiger partial charge in [-0.1, -0.05) is 0 Å². The van der Waals surface area contributed by atoms with E-state index < -0.39 is 0 Å². The van der Waals surface area contributed by atoms with E-state index in [1.54, 1.807) is 7.11 Å². The van der Waals surface area contributed by atoms with Crippen molar-refractivity contribution in [2.75, 3.05) is 7.11 Å². The van der Waals surface area contributed by atoms with Crippen LogP contribution in [0.5, 0.6) is 5.75 Å². The summed E-state index contributed by atoms with van der Waals surface area (Å²) in [5.41, 5.74) is 2.29. The first kappa shape index (κ1) is 11.8. The van der Waals surface area contributed by atoms with Crippen molar-refractivity contribution >= 4 is 22.6 Å². The molecule has 1 aliphatic carbocycles. The summed E-state index contributed by atoms with van der Waals surface area (Å²) in [5.74, 6) is 1.82. The predicted octanol–water partition coefficient (Wildman–Crippen LogP) is 3.85. The number of ether oxygens (including phenoxy) is 1. The number of fused-ring (bicyclic) bond motifs is 1. The number of imidazole rings is 1. The molecule has 96 valence electrons. The Labute approximate surface area is 112 Å². The first-order valence-corrected chi connectivity index (χ1v) is 6.70. The molecule has 3 rings (SSSR count). The largest absolute Gasteiger partial charge is 0.497 e. The number of aromatic nitrogens is 2. The molecule has 1 aromatic heterocycles. The standard InChI is InChI=1S/C14H17ClN2O/c1-9(15)13-16-11-5-4-10(18-3)8-12(11)17(13)14(2)6-7-14/h4-5,8-9H,6-7H2,1-3H3. The first-order chi connectivity index (χ1) is 8.55. The van der Waals surface area contributed by atoms with Gasteiger partial charge in [0.2, 0.25) is 0 Å². The summed E-state index contributed by atoms with van der Waals surface area (Å²) in [7, 11) is 1.69. The molecule has 1 fully saturated rings. The Morgan fingerprint density at radius 3 is 2.72 bits per heavy atom. The van der Waals surface area contributed by atoms with Crippen molar-refractivity contribution in [3.8, 4) is 5.75 Å². The minimum atomic E-state index is -0.0826. The molecular weight excluding hydrogens is 248 g/mol. The molecule has 0 amide bonds. The molecule has 2 aromatic rings. The van der Waals surface area contributed by atoms with E-state index in [1.807, 2.05) is 19.1 Å². The van der Waals surface area contributed by atoms with Crippen LogP contribution in [0.3, 0.4) is 0 Å². The van der Waals surface area contributed by atoms with Gasteiger partial charge < -0.3 is 9.30 Å². The monoisotopic (exact) mass is 264 g/mol. The van der Waals surface area contributed by atoms with Crippen molar-refractivity contribution in [2.45, 2.75) is 37.6 Å². The second-order valence-corrected chi connectivity index (χ2v) is 5.93. The average molecular weight is 265 g/mol. The van der Waals surface area contributed by atoms with E-state index >= 15 is 0 Å². The maximum Gasteiger partial charge on any atom is 0.128 e. The highest BCUT2D eigenvalue weighted by Crippen LogP contribution is 2.47. The van der Waals surface area contributed by atoms with E-state index in [1.165, 1.54) is 12.8 Å². The van der Waals surface area contributed by atoms with Crippen LogP contribution in [-0.4, -0.2) is 16.7 Å². The van der Waals surface area contributed by atoms with Crippen molar-refractivity contribution in [2.24, 2.45) is 0 Å². The van der Waals surface area contributed by atoms with E-state index in [2.05, 4.69) is 22.5 Å². The Morgan fingerprint density at radius 2 is 2.17 bits per heavy atom. The summed E-state index contributed by atoms with van der Waals surface area (Å²) in [4.78, 5) is 4.67. The van der Waals surface area contributed by atoms with Gasteiger partial charge in [0.15, 0.2) is 0 Å². The Bertz CT molecular complexity index is 599. The quantitative estimate of drug-likeness (QED) is 0.788. The van der Waals surface area contributed by atoms with Crippen LogP contribution in [0.15, 0.2) is 18.2 Å². The number of nitrogens with zero attached hydrogens (tertiary/aromatic N) is 2. The number of benzene rings is 1. The van der Waals surface area contributed by atoms with Gasteiger partial charge in [-0.15, -0.1) is 11.6 Å². The van der Waals surface area contributed by atoms with Crippen molar-refractivity contribution in [1.29, 1.82) is 0 Å². The van der Waals surface area contributed by atoms with E-state index in [-0.39, 0.29) is 10.9 Å². The molecule has 18 heavy (non-hydrogen) atoms. The Hall–Kier alpha value is -1.22. The molecule has 0 bridgehead atoms. The minimum absolute atomic E-state index is 0.0826. The van der Waals surface area contributed by atoms with Gasteiger partial charge in [-0.2, -0.15) is 0 Å². The summed E-state index contributed by atoms with van der Waals surface area (Å²) < 4.78 is 7.60. The van der Waals surface area contributed by atoms with Crippen LogP contribution in [0, 0.1) is 0 Å². The molecule has 1 atom stereocenters. The SMILES string of the molecule is COc1ccc2nc(C(C)Cl)n(C3(C)CC3)c2c1. The van der Waals surface area contributed by atoms with Gasteiger partial charge in [0.25, 0.3) is 0 Å². The molecule has 1 heterocycles. The summed E-state index contributed by atoms with van der Waals surface area (Å²) in [6, 6.07) is 5.99. The normalized spacial score (nSPS) is 18.9. The highest BCUT2D eigenvalue weighted by Gasteiger charge is 2.42. The molecular formula is C14H17ClN2O. The number of hydrogen-bond donors (Lipinski definition) is 0.